The Morgan fingerprint density at radius 3 is 2.50 bits per heavy atom. The molecule has 100 valence electrons. The molecule has 2 atom stereocenters. The van der Waals surface area contributed by atoms with Crippen molar-refractivity contribution in [1.82, 2.24) is 4.90 Å². The molecule has 0 amide bonds. The van der Waals surface area contributed by atoms with E-state index in [1.165, 1.54) is 37.2 Å². The van der Waals surface area contributed by atoms with Gasteiger partial charge < -0.3 is 9.80 Å². The van der Waals surface area contributed by atoms with Gasteiger partial charge in [0, 0.05) is 32.4 Å². The molecule has 2 nitrogen and oxygen atoms in total. The average molecular weight is 246 g/mol. The van der Waals surface area contributed by atoms with Gasteiger partial charge in [0.05, 0.1) is 0 Å². The lowest BCUT2D eigenvalue weighted by molar-refractivity contribution is 0.250. The van der Waals surface area contributed by atoms with Crippen molar-refractivity contribution in [2.75, 3.05) is 32.1 Å². The zero-order chi connectivity index (χ0) is 13.1. The van der Waals surface area contributed by atoms with Crippen LogP contribution in [0, 0.1) is 0 Å². The molecule has 1 aromatic rings. The van der Waals surface area contributed by atoms with E-state index in [2.05, 4.69) is 62.0 Å². The number of likely N-dealkylation sites (tertiary alicyclic amines) is 1. The van der Waals surface area contributed by atoms with Gasteiger partial charge in [0.1, 0.15) is 0 Å². The van der Waals surface area contributed by atoms with Crippen LogP contribution in [-0.4, -0.2) is 38.1 Å². The molecule has 0 spiro atoms. The van der Waals surface area contributed by atoms with E-state index in [9.17, 15) is 0 Å². The van der Waals surface area contributed by atoms with Crippen molar-refractivity contribution < 1.29 is 0 Å². The maximum atomic E-state index is 2.63. The van der Waals surface area contributed by atoms with Crippen LogP contribution >= 0.6 is 0 Å². The summed E-state index contributed by atoms with van der Waals surface area (Å²) in [4.78, 5) is 4.79. The summed E-state index contributed by atoms with van der Waals surface area (Å²) < 4.78 is 0. The van der Waals surface area contributed by atoms with Crippen LogP contribution in [0.2, 0.25) is 0 Å². The maximum Gasteiger partial charge on any atom is 0.0361 e. The van der Waals surface area contributed by atoms with Gasteiger partial charge in [0.15, 0.2) is 0 Å². The van der Waals surface area contributed by atoms with Crippen LogP contribution in [0.25, 0.3) is 0 Å². The fraction of sp³-hybridized carbons (Fsp3) is 0.625. The highest BCUT2D eigenvalue weighted by atomic mass is 15.2. The van der Waals surface area contributed by atoms with Crippen LogP contribution in [-0.2, 0) is 0 Å². The monoisotopic (exact) mass is 246 g/mol. The average Bonchev–Trinajstić information content (AvgIpc) is 2.87. The fourth-order valence-electron chi connectivity index (χ4n) is 2.76. The Labute approximate surface area is 112 Å². The number of benzene rings is 1. The van der Waals surface area contributed by atoms with Gasteiger partial charge in [-0.25, -0.2) is 0 Å². The lowest BCUT2D eigenvalue weighted by atomic mass is 9.98. The highest BCUT2D eigenvalue weighted by molar-refractivity contribution is 5.46. The van der Waals surface area contributed by atoms with Gasteiger partial charge in [-0.2, -0.15) is 0 Å². The van der Waals surface area contributed by atoms with Crippen molar-refractivity contribution in [3.8, 4) is 0 Å². The van der Waals surface area contributed by atoms with Crippen LogP contribution in [0.1, 0.15) is 38.2 Å². The van der Waals surface area contributed by atoms with E-state index in [0.29, 0.717) is 0 Å². The van der Waals surface area contributed by atoms with Gasteiger partial charge in [-0.1, -0.05) is 19.1 Å². The first-order valence-corrected chi connectivity index (χ1v) is 7.13. The molecule has 1 heterocycles. The molecular formula is C16H26N2. The Morgan fingerprint density at radius 2 is 1.94 bits per heavy atom. The minimum Gasteiger partial charge on any atom is -0.378 e. The number of nitrogens with zero attached hydrogens (tertiary/aromatic N) is 2. The molecule has 2 heteroatoms. The molecule has 1 fully saturated rings. The number of hydrogen-bond donors (Lipinski definition) is 0. The molecule has 1 aliphatic heterocycles. The molecular weight excluding hydrogens is 220 g/mol. The van der Waals surface area contributed by atoms with E-state index >= 15 is 0 Å². The van der Waals surface area contributed by atoms with Gasteiger partial charge >= 0.3 is 0 Å². The molecule has 2 unspecified atom stereocenters. The molecule has 1 aromatic carbocycles. The molecule has 0 N–H and O–H groups in total. The highest BCUT2D eigenvalue weighted by Gasteiger charge is 2.26. The standard InChI is InChI=1S/C16H26N2/c1-5-13(2)18-11-10-15(12-18)14-6-8-16(9-7-14)17(3)4/h6-9,13,15H,5,10-12H2,1-4H3. The van der Waals surface area contributed by atoms with Crippen molar-refractivity contribution in [3.63, 3.8) is 0 Å². The lowest BCUT2D eigenvalue weighted by Gasteiger charge is -2.23. The predicted octanol–water partition coefficient (Wildman–Crippen LogP) is 3.34. The Hall–Kier alpha value is -1.02. The van der Waals surface area contributed by atoms with E-state index in [1.807, 2.05) is 0 Å². The van der Waals surface area contributed by atoms with Crippen molar-refractivity contribution >= 4 is 5.69 Å². The van der Waals surface area contributed by atoms with Gasteiger partial charge in [-0.3, -0.25) is 0 Å². The van der Waals surface area contributed by atoms with Crippen LogP contribution in [0.5, 0.6) is 0 Å². The Kier molecular flexibility index (Phi) is 4.28. The second-order valence-electron chi connectivity index (χ2n) is 5.72. The van der Waals surface area contributed by atoms with Crippen LogP contribution in [0.3, 0.4) is 0 Å². The highest BCUT2D eigenvalue weighted by Crippen LogP contribution is 2.29. The topological polar surface area (TPSA) is 6.48 Å². The molecule has 0 radical (unpaired) electrons. The third-order valence-electron chi connectivity index (χ3n) is 4.31. The zero-order valence-corrected chi connectivity index (χ0v) is 12.2. The van der Waals surface area contributed by atoms with Crippen LogP contribution in [0.15, 0.2) is 24.3 Å². The summed E-state index contributed by atoms with van der Waals surface area (Å²) in [6, 6.07) is 9.82. The first-order valence-electron chi connectivity index (χ1n) is 7.13. The Morgan fingerprint density at radius 1 is 1.28 bits per heavy atom. The van der Waals surface area contributed by atoms with Crippen molar-refractivity contribution in [1.29, 1.82) is 0 Å². The summed E-state index contributed by atoms with van der Waals surface area (Å²) >= 11 is 0. The van der Waals surface area contributed by atoms with Crippen molar-refractivity contribution in [2.24, 2.45) is 0 Å². The molecule has 2 rings (SSSR count). The molecule has 0 aromatic heterocycles. The van der Waals surface area contributed by atoms with Crippen molar-refractivity contribution in [2.45, 2.75) is 38.6 Å². The molecule has 1 aliphatic rings. The minimum atomic E-state index is 0.732. The molecule has 0 aliphatic carbocycles. The van der Waals surface area contributed by atoms with Crippen LogP contribution in [0.4, 0.5) is 5.69 Å². The summed E-state index contributed by atoms with van der Waals surface area (Å²) in [6.07, 6.45) is 2.57. The van der Waals surface area contributed by atoms with Crippen molar-refractivity contribution in [3.05, 3.63) is 29.8 Å². The summed E-state index contributed by atoms with van der Waals surface area (Å²) in [5.74, 6) is 0.732. The summed E-state index contributed by atoms with van der Waals surface area (Å²) in [7, 11) is 4.18. The third-order valence-corrected chi connectivity index (χ3v) is 4.31. The Bertz CT molecular complexity index is 369. The predicted molar refractivity (Wildman–Crippen MR) is 79.5 cm³/mol. The molecule has 1 saturated heterocycles. The first-order chi connectivity index (χ1) is 8.61. The van der Waals surface area contributed by atoms with Gasteiger partial charge in [-0.05, 0) is 49.9 Å². The SMILES string of the molecule is CCC(C)N1CCC(c2ccc(N(C)C)cc2)C1. The second kappa shape index (κ2) is 5.75. The number of hydrogen-bond acceptors (Lipinski definition) is 2. The Balaban J connectivity index is 2.01. The number of rotatable bonds is 4. The van der Waals surface area contributed by atoms with E-state index < -0.39 is 0 Å². The van der Waals surface area contributed by atoms with Gasteiger partial charge in [0.25, 0.3) is 0 Å². The first kappa shape index (κ1) is 13.4. The fourth-order valence-corrected chi connectivity index (χ4v) is 2.76. The second-order valence-corrected chi connectivity index (χ2v) is 5.72. The van der Waals surface area contributed by atoms with Gasteiger partial charge in [-0.15, -0.1) is 0 Å². The third kappa shape index (κ3) is 2.86. The summed E-state index contributed by atoms with van der Waals surface area (Å²) in [6.45, 7) is 7.12. The van der Waals surface area contributed by atoms with Gasteiger partial charge in [0.2, 0.25) is 0 Å². The maximum absolute atomic E-state index is 2.63. The zero-order valence-electron chi connectivity index (χ0n) is 12.2. The van der Waals surface area contributed by atoms with Crippen LogP contribution < -0.4 is 4.90 Å². The van der Waals surface area contributed by atoms with E-state index in [-0.39, 0.29) is 0 Å². The summed E-state index contributed by atoms with van der Waals surface area (Å²) in [5, 5.41) is 0. The quantitative estimate of drug-likeness (QED) is 0.804. The van der Waals surface area contributed by atoms with E-state index in [4.69, 9.17) is 0 Å². The number of anilines is 1. The molecule has 0 bridgehead atoms. The molecule has 18 heavy (non-hydrogen) atoms. The minimum absolute atomic E-state index is 0.732. The normalized spacial score (nSPS) is 22.1. The largest absolute Gasteiger partial charge is 0.378 e. The lowest BCUT2D eigenvalue weighted by Crippen LogP contribution is -2.29. The molecule has 0 saturated carbocycles. The van der Waals surface area contributed by atoms with E-state index in [1.54, 1.807) is 0 Å². The smallest absolute Gasteiger partial charge is 0.0361 e. The summed E-state index contributed by atoms with van der Waals surface area (Å²) in [5.41, 5.74) is 2.79. The van der Waals surface area contributed by atoms with E-state index in [0.717, 1.165) is 12.0 Å².